The zero-order valence-electron chi connectivity index (χ0n) is 21.8. The van der Waals surface area contributed by atoms with Gasteiger partial charge < -0.3 is 15.3 Å². The maximum Gasteiger partial charge on any atom is 0.490 e. The summed E-state index contributed by atoms with van der Waals surface area (Å²) in [6.45, 7) is 2.07. The first-order chi connectivity index (χ1) is 19.9. The molecule has 0 atom stereocenters. The molecule has 9 nitrogen and oxygen atoms in total. The highest BCUT2D eigenvalue weighted by Crippen LogP contribution is 2.31. The van der Waals surface area contributed by atoms with Crippen LogP contribution in [0.5, 0.6) is 0 Å². The summed E-state index contributed by atoms with van der Waals surface area (Å²) in [6.07, 6.45) is -2.35. The van der Waals surface area contributed by atoms with E-state index < -0.39 is 18.1 Å². The van der Waals surface area contributed by atoms with Crippen LogP contribution in [0.4, 0.5) is 18.9 Å². The summed E-state index contributed by atoms with van der Waals surface area (Å²) in [5, 5.41) is 18.3. The smallest absolute Gasteiger partial charge is 0.475 e. The fourth-order valence-corrected chi connectivity index (χ4v) is 5.39. The van der Waals surface area contributed by atoms with Crippen LogP contribution in [0.3, 0.4) is 0 Å². The lowest BCUT2D eigenvalue weighted by atomic mass is 10.1. The topological polar surface area (TPSA) is 131 Å². The third-order valence-electron chi connectivity index (χ3n) is 6.56. The molecule has 42 heavy (non-hydrogen) atoms. The minimum Gasteiger partial charge on any atom is -0.475 e. The van der Waals surface area contributed by atoms with Crippen LogP contribution < -0.4 is 5.32 Å². The zero-order chi connectivity index (χ0) is 30.6. The van der Waals surface area contributed by atoms with Crippen LogP contribution in [0.1, 0.15) is 54.4 Å². The van der Waals surface area contributed by atoms with Crippen molar-refractivity contribution in [3.63, 3.8) is 0 Å². The van der Waals surface area contributed by atoms with E-state index in [0.29, 0.717) is 27.2 Å². The van der Waals surface area contributed by atoms with Gasteiger partial charge in [0, 0.05) is 25.2 Å². The Morgan fingerprint density at radius 2 is 1.64 bits per heavy atom. The number of likely N-dealkylation sites (tertiary alicyclic amines) is 1. The predicted molar refractivity (Wildman–Crippen MR) is 151 cm³/mol. The number of alkyl halides is 3. The third kappa shape index (κ3) is 6.97. The average molecular weight is 621 g/mol. The number of carbonyl (C=O) groups is 4. The van der Waals surface area contributed by atoms with Gasteiger partial charge in [0.2, 0.25) is 0 Å². The number of imide groups is 1. The van der Waals surface area contributed by atoms with Crippen LogP contribution in [0.2, 0.25) is 4.34 Å². The maximum absolute atomic E-state index is 13.2. The molecule has 220 valence electrons. The van der Waals surface area contributed by atoms with Gasteiger partial charge in [-0.05, 0) is 49.1 Å². The molecule has 3 heterocycles. The number of hydrogen-bond donors (Lipinski definition) is 3. The first-order valence-electron chi connectivity index (χ1n) is 12.7. The summed E-state index contributed by atoms with van der Waals surface area (Å²) < 4.78 is 32.2. The van der Waals surface area contributed by atoms with Crippen LogP contribution in [-0.4, -0.2) is 70.2 Å². The van der Waals surface area contributed by atoms with Gasteiger partial charge in [0.15, 0.2) is 0 Å². The Balaban J connectivity index is 0.000000517. The average Bonchev–Trinajstić information content (AvgIpc) is 3.69. The number of nitrogens with zero attached hydrogens (tertiary/aromatic N) is 2. The molecule has 5 rings (SSSR count). The maximum atomic E-state index is 13.2. The lowest BCUT2D eigenvalue weighted by Crippen LogP contribution is -2.32. The molecule has 2 aromatic carbocycles. The van der Waals surface area contributed by atoms with E-state index in [0.717, 1.165) is 48.4 Å². The second-order valence-corrected chi connectivity index (χ2v) is 11.1. The van der Waals surface area contributed by atoms with Gasteiger partial charge in [-0.2, -0.15) is 13.2 Å². The van der Waals surface area contributed by atoms with Gasteiger partial charge in [-0.25, -0.2) is 4.79 Å². The molecule has 0 aliphatic carbocycles. The minimum atomic E-state index is -5.08. The molecule has 0 bridgehead atoms. The number of hydrogen-bond acceptors (Lipinski definition) is 6. The van der Waals surface area contributed by atoms with Gasteiger partial charge in [-0.3, -0.25) is 24.7 Å². The normalized spacial score (nSPS) is 14.4. The van der Waals surface area contributed by atoms with Crippen LogP contribution in [0.25, 0.3) is 0 Å². The number of benzene rings is 2. The third-order valence-corrected chi connectivity index (χ3v) is 7.79. The molecule has 0 saturated carbocycles. The standard InChI is InChI=1S/C26H23ClN4O3S.C2HF3O2/c27-21-11-10-20(35-21)24(32)29-19-5-3-4-18-22(19)26(34)31(25(18)33)15-12-16-6-8-17(9-7-16)23(28)30-13-1-2-14-30;3-2(4,5)1(6)7/h3-11,28H,1-2,12-15H2,(H,29,32);(H,6,7). The van der Waals surface area contributed by atoms with Gasteiger partial charge in [0.05, 0.1) is 26.0 Å². The van der Waals surface area contributed by atoms with Crippen LogP contribution in [0, 0.1) is 5.41 Å². The lowest BCUT2D eigenvalue weighted by molar-refractivity contribution is -0.192. The van der Waals surface area contributed by atoms with Gasteiger partial charge in [-0.15, -0.1) is 11.3 Å². The summed E-state index contributed by atoms with van der Waals surface area (Å²) in [5.74, 6) is -3.39. The molecule has 0 unspecified atom stereocenters. The molecule has 3 amide bonds. The van der Waals surface area contributed by atoms with Crippen molar-refractivity contribution in [1.82, 2.24) is 9.80 Å². The van der Waals surface area contributed by atoms with Crippen molar-refractivity contribution >= 4 is 58.2 Å². The highest BCUT2D eigenvalue weighted by Gasteiger charge is 2.38. The number of carboxylic acids is 1. The highest BCUT2D eigenvalue weighted by atomic mass is 35.5. The van der Waals surface area contributed by atoms with E-state index in [1.807, 2.05) is 24.3 Å². The number of amides is 3. The zero-order valence-corrected chi connectivity index (χ0v) is 23.4. The summed E-state index contributed by atoms with van der Waals surface area (Å²) in [5.41, 5.74) is 2.64. The number of carboxylic acid groups (broad SMARTS) is 1. The molecule has 1 saturated heterocycles. The van der Waals surface area contributed by atoms with E-state index in [2.05, 4.69) is 10.2 Å². The number of amidine groups is 1. The van der Waals surface area contributed by atoms with E-state index in [4.69, 9.17) is 26.9 Å². The van der Waals surface area contributed by atoms with Crippen molar-refractivity contribution in [1.29, 1.82) is 5.41 Å². The van der Waals surface area contributed by atoms with Crippen molar-refractivity contribution in [2.45, 2.75) is 25.4 Å². The Labute approximate surface area is 247 Å². The molecule has 2 aliphatic heterocycles. The van der Waals surface area contributed by atoms with Crippen LogP contribution >= 0.6 is 22.9 Å². The fraction of sp³-hybridized carbons (Fsp3) is 0.250. The molecular weight excluding hydrogens is 597 g/mol. The van der Waals surface area contributed by atoms with Crippen molar-refractivity contribution in [3.8, 4) is 0 Å². The molecular formula is C28H24ClF3N4O5S. The molecule has 1 fully saturated rings. The Morgan fingerprint density at radius 1 is 1.00 bits per heavy atom. The van der Waals surface area contributed by atoms with Crippen molar-refractivity contribution in [2.75, 3.05) is 25.0 Å². The van der Waals surface area contributed by atoms with Crippen molar-refractivity contribution < 1.29 is 37.5 Å². The van der Waals surface area contributed by atoms with E-state index >= 15 is 0 Å². The first kappa shape index (κ1) is 30.7. The van der Waals surface area contributed by atoms with E-state index in [9.17, 15) is 27.6 Å². The lowest BCUT2D eigenvalue weighted by Gasteiger charge is -2.19. The number of anilines is 1. The van der Waals surface area contributed by atoms with Gasteiger partial charge in [0.25, 0.3) is 17.7 Å². The molecule has 2 aliphatic rings. The van der Waals surface area contributed by atoms with Crippen molar-refractivity contribution in [3.05, 3.63) is 86.1 Å². The van der Waals surface area contributed by atoms with Crippen molar-refractivity contribution in [2.24, 2.45) is 0 Å². The quantitative estimate of drug-likeness (QED) is 0.188. The highest BCUT2D eigenvalue weighted by molar-refractivity contribution is 7.18. The van der Waals surface area contributed by atoms with Gasteiger partial charge in [0.1, 0.15) is 5.84 Å². The van der Waals surface area contributed by atoms with E-state index in [-0.39, 0.29) is 29.5 Å². The van der Waals surface area contributed by atoms with E-state index in [1.165, 1.54) is 4.90 Å². The number of carbonyl (C=O) groups excluding carboxylic acids is 3. The van der Waals surface area contributed by atoms with Gasteiger partial charge in [-0.1, -0.05) is 41.9 Å². The molecule has 14 heteroatoms. The molecule has 0 radical (unpaired) electrons. The summed E-state index contributed by atoms with van der Waals surface area (Å²) >= 11 is 7.06. The Kier molecular flexibility index (Phi) is 9.32. The minimum absolute atomic E-state index is 0.211. The molecule has 1 aromatic heterocycles. The second-order valence-electron chi connectivity index (χ2n) is 9.34. The summed E-state index contributed by atoms with van der Waals surface area (Å²) in [6, 6.07) is 15.8. The molecule has 3 aromatic rings. The van der Waals surface area contributed by atoms with E-state index in [1.54, 1.807) is 30.3 Å². The Bertz CT molecular complexity index is 1530. The number of halogens is 4. The number of thiophene rings is 1. The predicted octanol–water partition coefficient (Wildman–Crippen LogP) is 5.55. The number of nitrogens with one attached hydrogen (secondary N) is 2. The SMILES string of the molecule is N=C(c1ccc(CCN2C(=O)c3cccc(NC(=O)c4ccc(Cl)s4)c3C2=O)cc1)N1CCCC1.O=C(O)C(F)(F)F. The monoisotopic (exact) mass is 620 g/mol. The molecule has 3 N–H and O–H groups in total. The Hall–Kier alpha value is -4.23. The summed E-state index contributed by atoms with van der Waals surface area (Å²) in [7, 11) is 0. The van der Waals surface area contributed by atoms with Crippen LogP contribution in [0.15, 0.2) is 54.6 Å². The summed E-state index contributed by atoms with van der Waals surface area (Å²) in [4.78, 5) is 51.3. The van der Waals surface area contributed by atoms with Gasteiger partial charge >= 0.3 is 12.1 Å². The number of fused-ring (bicyclic) bond motifs is 1. The number of aliphatic carboxylic acids is 1. The first-order valence-corrected chi connectivity index (χ1v) is 13.8. The largest absolute Gasteiger partial charge is 0.490 e. The number of rotatable bonds is 6. The second kappa shape index (κ2) is 12.7. The fourth-order valence-electron chi connectivity index (χ4n) is 4.45. The molecule has 0 spiro atoms. The van der Waals surface area contributed by atoms with Crippen LogP contribution in [-0.2, 0) is 11.2 Å². The Morgan fingerprint density at radius 3 is 2.21 bits per heavy atom.